The van der Waals surface area contributed by atoms with Crippen molar-refractivity contribution >= 4 is 11.6 Å². The minimum Gasteiger partial charge on any atom is -0.497 e. The summed E-state index contributed by atoms with van der Waals surface area (Å²) in [6, 6.07) is 7.03. The van der Waals surface area contributed by atoms with Crippen LogP contribution >= 0.6 is 0 Å². The van der Waals surface area contributed by atoms with Gasteiger partial charge in [0.25, 0.3) is 5.91 Å². The number of likely N-dealkylation sites (N-methyl/N-ethyl adjacent to an activating group) is 1. The molecule has 0 atom stereocenters. The first kappa shape index (κ1) is 15.1. The van der Waals surface area contributed by atoms with Crippen LogP contribution in [-0.2, 0) is 6.54 Å². The van der Waals surface area contributed by atoms with E-state index >= 15 is 0 Å². The van der Waals surface area contributed by atoms with Gasteiger partial charge in [0.1, 0.15) is 5.75 Å². The number of methoxy groups -OCH3 is 1. The van der Waals surface area contributed by atoms with Crippen molar-refractivity contribution in [2.45, 2.75) is 6.54 Å². The average Bonchev–Trinajstić information content (AvgIpc) is 2.92. The van der Waals surface area contributed by atoms with Crippen LogP contribution in [0.25, 0.3) is 0 Å². The minimum atomic E-state index is -0.180. The number of anilines is 1. The molecule has 0 bridgehead atoms. The molecule has 1 heterocycles. The van der Waals surface area contributed by atoms with E-state index in [0.29, 0.717) is 17.0 Å². The molecule has 0 aliphatic carbocycles. The molecule has 1 amide bonds. The van der Waals surface area contributed by atoms with E-state index in [1.807, 2.05) is 20.3 Å². The number of carbonyl (C=O) groups is 1. The number of hydrogen-bond donors (Lipinski definition) is 1. The number of nitrogens with zero attached hydrogens (tertiary/aromatic N) is 3. The van der Waals surface area contributed by atoms with Crippen LogP contribution in [0, 0.1) is 0 Å². The molecule has 0 saturated carbocycles. The second-order valence-electron chi connectivity index (χ2n) is 4.98. The van der Waals surface area contributed by atoms with Crippen LogP contribution in [0.1, 0.15) is 10.4 Å². The molecule has 112 valence electrons. The van der Waals surface area contributed by atoms with E-state index in [1.165, 1.54) is 0 Å². The SMILES string of the molecule is COc1cccc(C(=O)Nc2cnn(CCN(C)C)c2)c1. The first-order valence-electron chi connectivity index (χ1n) is 6.71. The summed E-state index contributed by atoms with van der Waals surface area (Å²) in [5.41, 5.74) is 1.23. The number of ether oxygens (including phenoxy) is 1. The Balaban J connectivity index is 1.99. The Bertz CT molecular complexity index is 607. The fraction of sp³-hybridized carbons (Fsp3) is 0.333. The molecule has 1 aromatic heterocycles. The van der Waals surface area contributed by atoms with Crippen LogP contribution in [0.15, 0.2) is 36.7 Å². The Kier molecular flexibility index (Phi) is 4.94. The predicted molar refractivity (Wildman–Crippen MR) is 81.7 cm³/mol. The summed E-state index contributed by atoms with van der Waals surface area (Å²) in [4.78, 5) is 14.2. The quantitative estimate of drug-likeness (QED) is 0.879. The van der Waals surface area contributed by atoms with E-state index in [0.717, 1.165) is 13.1 Å². The number of benzene rings is 1. The van der Waals surface area contributed by atoms with E-state index < -0.39 is 0 Å². The summed E-state index contributed by atoms with van der Waals surface area (Å²) in [7, 11) is 5.59. The molecule has 0 fully saturated rings. The van der Waals surface area contributed by atoms with Crippen molar-refractivity contribution in [3.63, 3.8) is 0 Å². The normalized spacial score (nSPS) is 10.7. The summed E-state index contributed by atoms with van der Waals surface area (Å²) in [6.45, 7) is 1.67. The molecule has 21 heavy (non-hydrogen) atoms. The highest BCUT2D eigenvalue weighted by Gasteiger charge is 2.08. The van der Waals surface area contributed by atoms with Crippen LogP contribution in [-0.4, -0.2) is 48.3 Å². The second kappa shape index (κ2) is 6.90. The highest BCUT2D eigenvalue weighted by atomic mass is 16.5. The van der Waals surface area contributed by atoms with Crippen molar-refractivity contribution < 1.29 is 9.53 Å². The van der Waals surface area contributed by atoms with Crippen LogP contribution in [0.5, 0.6) is 5.75 Å². The maximum Gasteiger partial charge on any atom is 0.255 e. The largest absolute Gasteiger partial charge is 0.497 e. The monoisotopic (exact) mass is 288 g/mol. The molecule has 0 radical (unpaired) electrons. The maximum atomic E-state index is 12.1. The third-order valence-electron chi connectivity index (χ3n) is 3.00. The highest BCUT2D eigenvalue weighted by molar-refractivity contribution is 6.04. The summed E-state index contributed by atoms with van der Waals surface area (Å²) >= 11 is 0. The summed E-state index contributed by atoms with van der Waals surface area (Å²) in [5, 5.41) is 7.05. The summed E-state index contributed by atoms with van der Waals surface area (Å²) in [5.74, 6) is 0.477. The van der Waals surface area contributed by atoms with Gasteiger partial charge in [-0.25, -0.2) is 0 Å². The Hall–Kier alpha value is -2.34. The molecule has 0 saturated heterocycles. The lowest BCUT2D eigenvalue weighted by atomic mass is 10.2. The van der Waals surface area contributed by atoms with Gasteiger partial charge >= 0.3 is 0 Å². The summed E-state index contributed by atoms with van der Waals surface area (Å²) < 4.78 is 6.92. The molecular formula is C15H20N4O2. The molecule has 0 aliphatic rings. The van der Waals surface area contributed by atoms with Gasteiger partial charge in [-0.05, 0) is 32.3 Å². The number of aromatic nitrogens is 2. The van der Waals surface area contributed by atoms with E-state index in [-0.39, 0.29) is 5.91 Å². The fourth-order valence-electron chi connectivity index (χ4n) is 1.82. The Morgan fingerprint density at radius 3 is 2.95 bits per heavy atom. The smallest absolute Gasteiger partial charge is 0.255 e. The molecule has 0 spiro atoms. The topological polar surface area (TPSA) is 59.4 Å². The molecule has 6 nitrogen and oxygen atoms in total. The van der Waals surface area contributed by atoms with Crippen LogP contribution < -0.4 is 10.1 Å². The molecule has 0 unspecified atom stereocenters. The number of nitrogens with one attached hydrogen (secondary N) is 1. The first-order valence-corrected chi connectivity index (χ1v) is 6.71. The molecule has 0 aliphatic heterocycles. The molecule has 1 N–H and O–H groups in total. The molecule has 6 heteroatoms. The lowest BCUT2D eigenvalue weighted by Crippen LogP contribution is -2.18. The predicted octanol–water partition coefficient (Wildman–Crippen LogP) is 1.71. The molecule has 2 rings (SSSR count). The van der Waals surface area contributed by atoms with Crippen molar-refractivity contribution in [2.75, 3.05) is 33.1 Å². The molecule has 2 aromatic rings. The van der Waals surface area contributed by atoms with Gasteiger partial charge < -0.3 is 15.0 Å². The van der Waals surface area contributed by atoms with Gasteiger partial charge in [0, 0.05) is 18.3 Å². The third-order valence-corrected chi connectivity index (χ3v) is 3.00. The lowest BCUT2D eigenvalue weighted by molar-refractivity contribution is 0.102. The van der Waals surface area contributed by atoms with Crippen molar-refractivity contribution in [3.05, 3.63) is 42.2 Å². The second-order valence-corrected chi connectivity index (χ2v) is 4.98. The van der Waals surface area contributed by atoms with Crippen molar-refractivity contribution in [3.8, 4) is 5.75 Å². The van der Waals surface area contributed by atoms with Crippen LogP contribution in [0.3, 0.4) is 0 Å². The van der Waals surface area contributed by atoms with Gasteiger partial charge in [0.2, 0.25) is 0 Å². The first-order chi connectivity index (χ1) is 10.1. The molecule has 1 aromatic carbocycles. The summed E-state index contributed by atoms with van der Waals surface area (Å²) in [6.07, 6.45) is 3.47. The van der Waals surface area contributed by atoms with E-state index in [4.69, 9.17) is 4.74 Å². The Morgan fingerprint density at radius 2 is 2.24 bits per heavy atom. The van der Waals surface area contributed by atoms with Crippen LogP contribution in [0.2, 0.25) is 0 Å². The zero-order valence-corrected chi connectivity index (χ0v) is 12.5. The maximum absolute atomic E-state index is 12.1. The van der Waals surface area contributed by atoms with E-state index in [1.54, 1.807) is 42.3 Å². The standard InChI is InChI=1S/C15H20N4O2/c1-18(2)7-8-19-11-13(10-16-19)17-15(20)12-5-4-6-14(9-12)21-3/h4-6,9-11H,7-8H2,1-3H3,(H,17,20). The van der Waals surface area contributed by atoms with Gasteiger partial charge in [-0.15, -0.1) is 0 Å². The zero-order valence-electron chi connectivity index (χ0n) is 12.5. The number of hydrogen-bond acceptors (Lipinski definition) is 4. The van der Waals surface area contributed by atoms with E-state index in [2.05, 4.69) is 15.3 Å². The lowest BCUT2D eigenvalue weighted by Gasteiger charge is -2.08. The fourth-order valence-corrected chi connectivity index (χ4v) is 1.82. The Morgan fingerprint density at radius 1 is 1.43 bits per heavy atom. The van der Waals surface area contributed by atoms with E-state index in [9.17, 15) is 4.79 Å². The number of amides is 1. The van der Waals surface area contributed by atoms with Crippen LogP contribution in [0.4, 0.5) is 5.69 Å². The zero-order chi connectivity index (χ0) is 15.2. The van der Waals surface area contributed by atoms with Gasteiger partial charge in [-0.3, -0.25) is 9.48 Å². The highest BCUT2D eigenvalue weighted by Crippen LogP contribution is 2.14. The van der Waals surface area contributed by atoms with Crippen molar-refractivity contribution in [2.24, 2.45) is 0 Å². The number of carbonyl (C=O) groups excluding carboxylic acids is 1. The van der Waals surface area contributed by atoms with Crippen molar-refractivity contribution in [1.82, 2.24) is 14.7 Å². The van der Waals surface area contributed by atoms with Gasteiger partial charge in [-0.1, -0.05) is 6.07 Å². The molecular weight excluding hydrogens is 268 g/mol. The van der Waals surface area contributed by atoms with Gasteiger partial charge in [0.15, 0.2) is 0 Å². The Labute approximate surface area is 124 Å². The number of rotatable bonds is 6. The van der Waals surface area contributed by atoms with Gasteiger partial charge in [-0.2, -0.15) is 5.10 Å². The minimum absolute atomic E-state index is 0.180. The third kappa shape index (κ3) is 4.32. The van der Waals surface area contributed by atoms with Crippen molar-refractivity contribution in [1.29, 1.82) is 0 Å². The van der Waals surface area contributed by atoms with Gasteiger partial charge in [0.05, 0.1) is 25.5 Å². The average molecular weight is 288 g/mol.